The molecule has 25 heavy (non-hydrogen) atoms. The maximum absolute atomic E-state index is 12.4. The number of hydrogen-bond acceptors (Lipinski definition) is 3. The van der Waals surface area contributed by atoms with Gasteiger partial charge in [0.2, 0.25) is 0 Å². The summed E-state index contributed by atoms with van der Waals surface area (Å²) in [6, 6.07) is 6.56. The maximum atomic E-state index is 12.4. The first-order chi connectivity index (χ1) is 11.7. The first kappa shape index (κ1) is 21.3. The van der Waals surface area contributed by atoms with Gasteiger partial charge in [-0.15, -0.1) is 0 Å². The lowest BCUT2D eigenvalue weighted by Gasteiger charge is -2.18. The summed E-state index contributed by atoms with van der Waals surface area (Å²) in [6.45, 7) is 6.21. The lowest BCUT2D eigenvalue weighted by molar-refractivity contribution is -0.0504. The SMILES string of the molecule is CCNC(=NCc1ccccc1OC(F)F)NCCS(=O)C(C)(C)C. The van der Waals surface area contributed by atoms with Gasteiger partial charge in [0.1, 0.15) is 5.75 Å². The Morgan fingerprint density at radius 3 is 2.56 bits per heavy atom. The first-order valence-electron chi connectivity index (χ1n) is 8.17. The Morgan fingerprint density at radius 2 is 1.96 bits per heavy atom. The lowest BCUT2D eigenvalue weighted by Crippen LogP contribution is -2.40. The van der Waals surface area contributed by atoms with Gasteiger partial charge < -0.3 is 15.4 Å². The van der Waals surface area contributed by atoms with Crippen molar-refractivity contribution in [3.63, 3.8) is 0 Å². The van der Waals surface area contributed by atoms with Gasteiger partial charge in [-0.3, -0.25) is 4.21 Å². The smallest absolute Gasteiger partial charge is 0.387 e. The van der Waals surface area contributed by atoms with Gasteiger partial charge in [0.05, 0.1) is 6.54 Å². The Balaban J connectivity index is 2.68. The fraction of sp³-hybridized carbons (Fsp3) is 0.588. The molecular weight excluding hydrogens is 348 g/mol. The van der Waals surface area contributed by atoms with Crippen LogP contribution in [0.15, 0.2) is 29.3 Å². The number of alkyl halides is 2. The van der Waals surface area contributed by atoms with E-state index in [0.29, 0.717) is 30.4 Å². The number of para-hydroxylation sites is 1. The monoisotopic (exact) mass is 375 g/mol. The van der Waals surface area contributed by atoms with Gasteiger partial charge >= 0.3 is 6.61 Å². The van der Waals surface area contributed by atoms with Crippen LogP contribution in [0.4, 0.5) is 8.78 Å². The normalized spacial score (nSPS) is 13.6. The molecule has 1 aromatic rings. The number of benzene rings is 1. The van der Waals surface area contributed by atoms with Gasteiger partial charge in [-0.2, -0.15) is 8.78 Å². The van der Waals surface area contributed by atoms with Crippen molar-refractivity contribution in [1.29, 1.82) is 0 Å². The standard InChI is InChI=1S/C17H27F2N3O2S/c1-5-20-16(21-10-11-25(23)17(2,3)4)22-12-13-8-6-7-9-14(13)24-15(18)19/h6-9,15H,5,10-12H2,1-4H3,(H2,20,21,22). The van der Waals surface area contributed by atoms with Crippen molar-refractivity contribution in [1.82, 2.24) is 10.6 Å². The third kappa shape index (κ3) is 8.29. The van der Waals surface area contributed by atoms with Crippen LogP contribution in [-0.2, 0) is 17.3 Å². The molecule has 142 valence electrons. The topological polar surface area (TPSA) is 62.7 Å². The van der Waals surface area contributed by atoms with E-state index in [4.69, 9.17) is 0 Å². The predicted octanol–water partition coefficient (Wildman–Crippen LogP) is 2.89. The Labute approximate surface area is 150 Å². The van der Waals surface area contributed by atoms with Crippen molar-refractivity contribution >= 4 is 16.8 Å². The lowest BCUT2D eigenvalue weighted by atomic mass is 10.2. The quantitative estimate of drug-likeness (QED) is 0.542. The molecule has 0 aliphatic rings. The molecule has 8 heteroatoms. The number of rotatable bonds is 8. The summed E-state index contributed by atoms with van der Waals surface area (Å²) < 4.78 is 41.2. The molecule has 1 unspecified atom stereocenters. The number of hydrogen-bond donors (Lipinski definition) is 2. The van der Waals surface area contributed by atoms with E-state index in [1.54, 1.807) is 18.2 Å². The number of ether oxygens (including phenoxy) is 1. The molecule has 1 aromatic carbocycles. The molecule has 0 spiro atoms. The van der Waals surface area contributed by atoms with Gasteiger partial charge in [0.25, 0.3) is 0 Å². The van der Waals surface area contributed by atoms with E-state index in [2.05, 4.69) is 20.4 Å². The van der Waals surface area contributed by atoms with E-state index in [1.807, 2.05) is 27.7 Å². The molecule has 0 bridgehead atoms. The highest BCUT2D eigenvalue weighted by Gasteiger charge is 2.18. The number of halogens is 2. The van der Waals surface area contributed by atoms with Crippen molar-refractivity contribution in [3.8, 4) is 5.75 Å². The van der Waals surface area contributed by atoms with Crippen LogP contribution >= 0.6 is 0 Å². The highest BCUT2D eigenvalue weighted by Crippen LogP contribution is 2.20. The molecule has 1 atom stereocenters. The molecule has 0 aliphatic heterocycles. The van der Waals surface area contributed by atoms with Crippen LogP contribution in [0.25, 0.3) is 0 Å². The van der Waals surface area contributed by atoms with Gasteiger partial charge in [-0.25, -0.2) is 4.99 Å². The van der Waals surface area contributed by atoms with Gasteiger partial charge in [-0.05, 0) is 33.8 Å². The highest BCUT2D eigenvalue weighted by atomic mass is 32.2. The Hall–Kier alpha value is -1.70. The van der Waals surface area contributed by atoms with Crippen molar-refractivity contribution in [2.75, 3.05) is 18.8 Å². The van der Waals surface area contributed by atoms with Crippen LogP contribution < -0.4 is 15.4 Å². The second-order valence-electron chi connectivity index (χ2n) is 6.27. The molecule has 1 rings (SSSR count). The van der Waals surface area contributed by atoms with E-state index in [1.165, 1.54) is 6.07 Å². The zero-order valence-electron chi connectivity index (χ0n) is 15.1. The van der Waals surface area contributed by atoms with Crippen LogP contribution in [0.2, 0.25) is 0 Å². The minimum atomic E-state index is -2.87. The zero-order valence-corrected chi connectivity index (χ0v) is 16.0. The van der Waals surface area contributed by atoms with Crippen molar-refractivity contribution < 1.29 is 17.7 Å². The Kier molecular flexibility index (Phi) is 8.82. The Morgan fingerprint density at radius 1 is 1.28 bits per heavy atom. The van der Waals surface area contributed by atoms with Crippen LogP contribution in [-0.4, -0.2) is 40.4 Å². The van der Waals surface area contributed by atoms with Crippen LogP contribution in [0.5, 0.6) is 5.75 Å². The minimum absolute atomic E-state index is 0.117. The zero-order chi connectivity index (χ0) is 18.9. The summed E-state index contributed by atoms with van der Waals surface area (Å²) in [5.41, 5.74) is 0.568. The number of nitrogens with one attached hydrogen (secondary N) is 2. The highest BCUT2D eigenvalue weighted by molar-refractivity contribution is 7.86. The molecule has 0 heterocycles. The minimum Gasteiger partial charge on any atom is -0.434 e. The molecule has 0 amide bonds. The summed E-state index contributed by atoms with van der Waals surface area (Å²) in [6.07, 6.45) is 0. The molecule has 2 N–H and O–H groups in total. The average Bonchev–Trinajstić information content (AvgIpc) is 2.52. The second-order valence-corrected chi connectivity index (χ2v) is 8.59. The van der Waals surface area contributed by atoms with Crippen molar-refractivity contribution in [2.45, 2.75) is 45.6 Å². The first-order valence-corrected chi connectivity index (χ1v) is 9.49. The third-order valence-electron chi connectivity index (χ3n) is 3.20. The summed E-state index contributed by atoms with van der Waals surface area (Å²) in [7, 11) is -0.957. The molecule has 0 radical (unpaired) electrons. The van der Waals surface area contributed by atoms with E-state index in [0.717, 1.165) is 0 Å². The molecule has 0 aromatic heterocycles. The van der Waals surface area contributed by atoms with Gasteiger partial charge in [0, 0.05) is 40.0 Å². The molecule has 0 saturated carbocycles. The van der Waals surface area contributed by atoms with E-state index in [-0.39, 0.29) is 17.0 Å². The van der Waals surface area contributed by atoms with Gasteiger partial charge in [0.15, 0.2) is 5.96 Å². The summed E-state index contributed by atoms with van der Waals surface area (Å²) in [5, 5.41) is 6.19. The van der Waals surface area contributed by atoms with Crippen molar-refractivity contribution in [3.05, 3.63) is 29.8 Å². The summed E-state index contributed by atoms with van der Waals surface area (Å²) in [5.74, 6) is 1.16. The summed E-state index contributed by atoms with van der Waals surface area (Å²) >= 11 is 0. The predicted molar refractivity (Wildman–Crippen MR) is 98.7 cm³/mol. The third-order valence-corrected chi connectivity index (χ3v) is 5.14. The molecular formula is C17H27F2N3O2S. The fourth-order valence-corrected chi connectivity index (χ4v) is 2.82. The molecule has 0 aliphatic carbocycles. The Bertz CT molecular complexity index is 590. The van der Waals surface area contributed by atoms with Crippen LogP contribution in [0.1, 0.15) is 33.3 Å². The summed E-state index contributed by atoms with van der Waals surface area (Å²) in [4.78, 5) is 4.38. The van der Waals surface area contributed by atoms with Crippen LogP contribution in [0.3, 0.4) is 0 Å². The van der Waals surface area contributed by atoms with Crippen molar-refractivity contribution in [2.24, 2.45) is 4.99 Å². The second kappa shape index (κ2) is 10.3. The van der Waals surface area contributed by atoms with Gasteiger partial charge in [-0.1, -0.05) is 18.2 Å². The molecule has 0 saturated heterocycles. The van der Waals surface area contributed by atoms with E-state index >= 15 is 0 Å². The van der Waals surface area contributed by atoms with Crippen LogP contribution in [0, 0.1) is 0 Å². The average molecular weight is 375 g/mol. The number of aliphatic imine (C=N–C) groups is 1. The number of guanidine groups is 1. The number of nitrogens with zero attached hydrogens (tertiary/aromatic N) is 1. The molecule has 0 fully saturated rings. The maximum Gasteiger partial charge on any atom is 0.387 e. The fourth-order valence-electron chi connectivity index (χ4n) is 1.92. The van der Waals surface area contributed by atoms with E-state index in [9.17, 15) is 13.0 Å². The largest absolute Gasteiger partial charge is 0.434 e. The molecule has 5 nitrogen and oxygen atoms in total. The van der Waals surface area contributed by atoms with E-state index < -0.39 is 17.4 Å².